The Labute approximate surface area is 112 Å². The van der Waals surface area contributed by atoms with Gasteiger partial charge in [0.2, 0.25) is 5.91 Å². The lowest BCUT2D eigenvalue weighted by molar-refractivity contribution is -0.126. The molecule has 2 aromatic carbocycles. The molecule has 2 rings (SSSR count). The minimum atomic E-state index is -0.423. The molecule has 98 valence electrons. The number of hydrogen-bond acceptors (Lipinski definition) is 2. The molecular weight excluding hydrogens is 238 g/mol. The zero-order chi connectivity index (χ0) is 13.8. The zero-order valence-corrected chi connectivity index (χ0v) is 11.1. The number of carbonyl (C=O) groups is 2. The predicted molar refractivity (Wildman–Crippen MR) is 75.9 cm³/mol. The zero-order valence-electron chi connectivity index (χ0n) is 11.1. The number of rotatable bonds is 4. The highest BCUT2D eigenvalue weighted by atomic mass is 16.2. The maximum Gasteiger partial charge on any atom is 0.224 e. The van der Waals surface area contributed by atoms with Crippen molar-refractivity contribution in [1.82, 2.24) is 5.32 Å². The van der Waals surface area contributed by atoms with Crippen LogP contribution in [0.3, 0.4) is 0 Å². The lowest BCUT2D eigenvalue weighted by atomic mass is 10.0. The molecule has 3 heteroatoms. The first-order valence-corrected chi connectivity index (χ1v) is 6.34. The lowest BCUT2D eigenvalue weighted by Gasteiger charge is -2.10. The van der Waals surface area contributed by atoms with Crippen LogP contribution in [0.4, 0.5) is 0 Å². The molecule has 3 nitrogen and oxygen atoms in total. The molecule has 0 aliphatic rings. The van der Waals surface area contributed by atoms with Crippen LogP contribution in [0.15, 0.2) is 42.5 Å². The van der Waals surface area contributed by atoms with Crippen LogP contribution >= 0.6 is 0 Å². The number of ketones is 1. The number of amides is 1. The van der Waals surface area contributed by atoms with Crippen molar-refractivity contribution in [3.05, 3.63) is 48.0 Å². The van der Waals surface area contributed by atoms with Crippen molar-refractivity contribution >= 4 is 22.5 Å². The summed E-state index contributed by atoms with van der Waals surface area (Å²) < 4.78 is 0. The molecule has 1 amide bonds. The van der Waals surface area contributed by atoms with Crippen molar-refractivity contribution in [3.8, 4) is 0 Å². The summed E-state index contributed by atoms with van der Waals surface area (Å²) in [7, 11) is 0. The Balaban J connectivity index is 2.09. The largest absolute Gasteiger partial charge is 0.346 e. The minimum absolute atomic E-state index is 0.0353. The Morgan fingerprint density at radius 3 is 2.47 bits per heavy atom. The Kier molecular flexibility index (Phi) is 3.95. The molecule has 0 spiro atoms. The van der Waals surface area contributed by atoms with Crippen molar-refractivity contribution in [2.24, 2.45) is 0 Å². The van der Waals surface area contributed by atoms with Gasteiger partial charge in [-0.15, -0.1) is 0 Å². The smallest absolute Gasteiger partial charge is 0.224 e. The number of fused-ring (bicyclic) bond motifs is 1. The van der Waals surface area contributed by atoms with Crippen LogP contribution in [0.1, 0.15) is 19.4 Å². The van der Waals surface area contributed by atoms with E-state index < -0.39 is 6.04 Å². The van der Waals surface area contributed by atoms with Crippen molar-refractivity contribution in [3.63, 3.8) is 0 Å². The van der Waals surface area contributed by atoms with Crippen LogP contribution in [-0.4, -0.2) is 17.7 Å². The fraction of sp³-hybridized carbons (Fsp3) is 0.250. The molecule has 0 heterocycles. The first-order valence-electron chi connectivity index (χ1n) is 6.34. The molecule has 19 heavy (non-hydrogen) atoms. The second-order valence-electron chi connectivity index (χ2n) is 4.76. The van der Waals surface area contributed by atoms with E-state index in [9.17, 15) is 9.59 Å². The molecule has 0 bridgehead atoms. The topological polar surface area (TPSA) is 46.2 Å². The highest BCUT2D eigenvalue weighted by molar-refractivity contribution is 5.89. The summed E-state index contributed by atoms with van der Waals surface area (Å²) in [6, 6.07) is 13.6. The minimum Gasteiger partial charge on any atom is -0.346 e. The summed E-state index contributed by atoms with van der Waals surface area (Å²) in [6.07, 6.45) is 0.294. The lowest BCUT2D eigenvalue weighted by Crippen LogP contribution is -2.38. The standard InChI is InChI=1S/C16H17NO2/c1-11(12(2)18)17-16(19)10-13-7-8-14-5-3-4-6-15(14)9-13/h3-9,11H,10H2,1-2H3,(H,17,19). The highest BCUT2D eigenvalue weighted by Gasteiger charge is 2.11. The van der Waals surface area contributed by atoms with Crippen LogP contribution in [0.5, 0.6) is 0 Å². The normalized spacial score (nSPS) is 12.1. The average molecular weight is 255 g/mol. The fourth-order valence-electron chi connectivity index (χ4n) is 1.93. The van der Waals surface area contributed by atoms with Crippen molar-refractivity contribution in [2.75, 3.05) is 0 Å². The van der Waals surface area contributed by atoms with E-state index >= 15 is 0 Å². The third kappa shape index (κ3) is 3.41. The summed E-state index contributed by atoms with van der Waals surface area (Å²) in [5, 5.41) is 4.96. The van der Waals surface area contributed by atoms with E-state index in [0.29, 0.717) is 6.42 Å². The molecule has 1 N–H and O–H groups in total. The van der Waals surface area contributed by atoms with Gasteiger partial charge in [0, 0.05) is 0 Å². The third-order valence-corrected chi connectivity index (χ3v) is 3.17. The Bertz CT molecular complexity index is 619. The Morgan fingerprint density at radius 2 is 1.79 bits per heavy atom. The SMILES string of the molecule is CC(=O)C(C)NC(=O)Cc1ccc2ccccc2c1. The van der Waals surface area contributed by atoms with E-state index in [1.54, 1.807) is 6.92 Å². The van der Waals surface area contributed by atoms with Gasteiger partial charge in [-0.25, -0.2) is 0 Å². The first-order chi connectivity index (χ1) is 9.06. The number of hydrogen-bond donors (Lipinski definition) is 1. The van der Waals surface area contributed by atoms with Crippen LogP contribution in [0, 0.1) is 0 Å². The molecule has 1 atom stereocenters. The van der Waals surface area contributed by atoms with Gasteiger partial charge in [0.15, 0.2) is 5.78 Å². The number of benzene rings is 2. The maximum absolute atomic E-state index is 11.8. The number of Topliss-reactive ketones (excluding diaryl/α,β-unsaturated/α-hetero) is 1. The quantitative estimate of drug-likeness (QED) is 0.912. The second kappa shape index (κ2) is 5.65. The van der Waals surface area contributed by atoms with Crippen LogP contribution < -0.4 is 5.32 Å². The van der Waals surface area contributed by atoms with Crippen LogP contribution in [0.25, 0.3) is 10.8 Å². The number of nitrogens with one attached hydrogen (secondary N) is 1. The van der Waals surface area contributed by atoms with Crippen molar-refractivity contribution < 1.29 is 9.59 Å². The van der Waals surface area contributed by atoms with Crippen LogP contribution in [-0.2, 0) is 16.0 Å². The van der Waals surface area contributed by atoms with E-state index in [0.717, 1.165) is 16.3 Å². The van der Waals surface area contributed by atoms with Gasteiger partial charge in [-0.2, -0.15) is 0 Å². The van der Waals surface area contributed by atoms with Crippen LogP contribution in [0.2, 0.25) is 0 Å². The van der Waals surface area contributed by atoms with Gasteiger partial charge in [-0.05, 0) is 30.2 Å². The molecule has 1 unspecified atom stereocenters. The van der Waals surface area contributed by atoms with Gasteiger partial charge < -0.3 is 5.32 Å². The van der Waals surface area contributed by atoms with Gasteiger partial charge in [-0.1, -0.05) is 42.5 Å². The summed E-state index contributed by atoms with van der Waals surface area (Å²) in [4.78, 5) is 22.9. The molecule has 0 radical (unpaired) electrons. The molecule has 0 saturated carbocycles. The Morgan fingerprint density at radius 1 is 1.11 bits per heavy atom. The van der Waals surface area contributed by atoms with E-state index in [-0.39, 0.29) is 11.7 Å². The molecule has 2 aromatic rings. The van der Waals surface area contributed by atoms with E-state index in [4.69, 9.17) is 0 Å². The third-order valence-electron chi connectivity index (χ3n) is 3.17. The molecule has 0 aromatic heterocycles. The second-order valence-corrected chi connectivity index (χ2v) is 4.76. The molecule has 0 aliphatic carbocycles. The Hall–Kier alpha value is -2.16. The van der Waals surface area contributed by atoms with Gasteiger partial charge in [0.25, 0.3) is 0 Å². The highest BCUT2D eigenvalue weighted by Crippen LogP contribution is 2.15. The van der Waals surface area contributed by atoms with Gasteiger partial charge in [-0.3, -0.25) is 9.59 Å². The molecule has 0 saturated heterocycles. The summed E-state index contributed by atoms with van der Waals surface area (Å²) in [5.74, 6) is -0.162. The summed E-state index contributed by atoms with van der Waals surface area (Å²) in [6.45, 7) is 3.17. The predicted octanol–water partition coefficient (Wildman–Crippen LogP) is 2.48. The molecule has 0 aliphatic heterocycles. The van der Waals surface area contributed by atoms with Gasteiger partial charge in [0.1, 0.15) is 0 Å². The first kappa shape index (κ1) is 13.3. The summed E-state index contributed by atoms with van der Waals surface area (Å²) in [5.41, 5.74) is 0.951. The molecule has 0 fully saturated rings. The van der Waals surface area contributed by atoms with E-state index in [1.807, 2.05) is 42.5 Å². The fourth-order valence-corrected chi connectivity index (χ4v) is 1.93. The van der Waals surface area contributed by atoms with E-state index in [1.165, 1.54) is 6.92 Å². The molecular formula is C16H17NO2. The summed E-state index contributed by atoms with van der Waals surface area (Å²) >= 11 is 0. The van der Waals surface area contributed by atoms with Gasteiger partial charge >= 0.3 is 0 Å². The van der Waals surface area contributed by atoms with Crippen molar-refractivity contribution in [2.45, 2.75) is 26.3 Å². The monoisotopic (exact) mass is 255 g/mol. The van der Waals surface area contributed by atoms with E-state index in [2.05, 4.69) is 5.32 Å². The van der Waals surface area contributed by atoms with Gasteiger partial charge in [0.05, 0.1) is 12.5 Å². The maximum atomic E-state index is 11.8. The number of carbonyl (C=O) groups excluding carboxylic acids is 2. The van der Waals surface area contributed by atoms with Crippen molar-refractivity contribution in [1.29, 1.82) is 0 Å². The average Bonchev–Trinajstić information content (AvgIpc) is 2.38.